The number of nitrogens with two attached hydrogens (primary N) is 1. The van der Waals surface area contributed by atoms with Crippen LogP contribution in [-0.4, -0.2) is 30.6 Å². The van der Waals surface area contributed by atoms with Gasteiger partial charge in [-0.25, -0.2) is 19.9 Å². The van der Waals surface area contributed by atoms with Gasteiger partial charge in [0.1, 0.15) is 11.5 Å². The van der Waals surface area contributed by atoms with E-state index in [9.17, 15) is 4.79 Å². The van der Waals surface area contributed by atoms with Crippen LogP contribution in [0, 0.1) is 12.3 Å². The lowest BCUT2D eigenvalue weighted by Crippen LogP contribution is -2.16. The second-order valence-corrected chi connectivity index (χ2v) is 5.54. The van der Waals surface area contributed by atoms with Crippen molar-refractivity contribution in [2.24, 2.45) is 5.73 Å². The number of hydrogen-bond donors (Lipinski definition) is 3. The number of hydrogen-bond acceptors (Lipinski definition) is 6. The first-order valence-corrected chi connectivity index (χ1v) is 6.91. The Bertz CT molecular complexity index is 731. The van der Waals surface area contributed by atoms with Crippen molar-refractivity contribution >= 4 is 17.6 Å². The molecule has 104 valence electrons. The summed E-state index contributed by atoms with van der Waals surface area (Å²) in [6, 6.07) is 1.87. The van der Waals surface area contributed by atoms with Crippen molar-refractivity contribution in [3.63, 3.8) is 0 Å². The summed E-state index contributed by atoms with van der Waals surface area (Å²) >= 11 is 1.20. The van der Waals surface area contributed by atoms with Crippen molar-refractivity contribution in [3.8, 4) is 0 Å². The number of rotatable bonds is 4. The maximum atomic E-state index is 11.7. The Labute approximate surface area is 118 Å². The summed E-state index contributed by atoms with van der Waals surface area (Å²) in [4.78, 5) is 20.2. The van der Waals surface area contributed by atoms with E-state index in [1.54, 1.807) is 17.6 Å². The predicted molar refractivity (Wildman–Crippen MR) is 73.0 cm³/mol. The molecular formula is C11H13N7OS. The zero-order chi connectivity index (χ0) is 14.3. The van der Waals surface area contributed by atoms with E-state index in [1.165, 1.54) is 11.8 Å². The quantitative estimate of drug-likeness (QED) is 0.426. The van der Waals surface area contributed by atoms with Gasteiger partial charge in [-0.15, -0.1) is 5.10 Å². The molecule has 2 heterocycles. The molecule has 0 atom stereocenters. The number of nitrogens with zero attached hydrogens (tertiary/aromatic N) is 4. The van der Waals surface area contributed by atoms with Gasteiger partial charge in [-0.3, -0.25) is 9.98 Å². The van der Waals surface area contributed by atoms with Gasteiger partial charge in [-0.2, -0.15) is 0 Å². The van der Waals surface area contributed by atoms with Gasteiger partial charge in [0.15, 0.2) is 10.3 Å². The third-order valence-corrected chi connectivity index (χ3v) is 3.71. The van der Waals surface area contributed by atoms with Crippen molar-refractivity contribution < 1.29 is 0 Å². The highest BCUT2D eigenvalue weighted by Gasteiger charge is 2.29. The fraction of sp³-hybridized carbons (Fsp3) is 0.364. The molecule has 0 saturated heterocycles. The van der Waals surface area contributed by atoms with Crippen molar-refractivity contribution in [3.05, 3.63) is 27.9 Å². The van der Waals surface area contributed by atoms with Gasteiger partial charge < -0.3 is 5.73 Å². The highest BCUT2D eigenvalue weighted by atomic mass is 32.2. The van der Waals surface area contributed by atoms with Crippen LogP contribution in [0.4, 0.5) is 0 Å². The third-order valence-electron chi connectivity index (χ3n) is 2.88. The molecule has 0 radical (unpaired) electrons. The Morgan fingerprint density at radius 1 is 1.55 bits per heavy atom. The van der Waals surface area contributed by atoms with Gasteiger partial charge in [-0.05, 0) is 37.6 Å². The molecular weight excluding hydrogens is 278 g/mol. The maximum absolute atomic E-state index is 11.7. The second-order valence-electron chi connectivity index (χ2n) is 4.61. The summed E-state index contributed by atoms with van der Waals surface area (Å²) in [6.45, 7) is 1.80. The summed E-state index contributed by atoms with van der Waals surface area (Å²) < 4.78 is 1.63. The van der Waals surface area contributed by atoms with E-state index in [4.69, 9.17) is 11.1 Å². The summed E-state index contributed by atoms with van der Waals surface area (Å²) in [5.74, 6) is -0.112. The first-order chi connectivity index (χ1) is 9.54. The van der Waals surface area contributed by atoms with Crippen LogP contribution in [0.2, 0.25) is 0 Å². The highest BCUT2D eigenvalue weighted by molar-refractivity contribution is 7.99. The Hall–Kier alpha value is -2.16. The molecule has 0 bridgehead atoms. The number of H-pyrrole nitrogens is 1. The average molecular weight is 291 g/mol. The molecule has 9 heteroatoms. The van der Waals surface area contributed by atoms with E-state index in [0.717, 1.165) is 12.8 Å². The predicted octanol–water partition coefficient (Wildman–Crippen LogP) is 0.440. The van der Waals surface area contributed by atoms with Crippen LogP contribution in [0.1, 0.15) is 30.3 Å². The minimum Gasteiger partial charge on any atom is -0.382 e. The number of aryl methyl sites for hydroxylation is 1. The average Bonchev–Trinajstić information content (AvgIpc) is 3.14. The van der Waals surface area contributed by atoms with E-state index < -0.39 is 0 Å². The van der Waals surface area contributed by atoms with Crippen LogP contribution >= 0.6 is 11.8 Å². The van der Waals surface area contributed by atoms with Gasteiger partial charge in [0.25, 0.3) is 0 Å². The normalized spacial score (nSPS) is 14.4. The maximum Gasteiger partial charge on any atom is 0.344 e. The summed E-state index contributed by atoms with van der Waals surface area (Å²) in [6.07, 6.45) is 1.97. The van der Waals surface area contributed by atoms with Crippen LogP contribution in [0.3, 0.4) is 0 Å². The first kappa shape index (κ1) is 12.9. The van der Waals surface area contributed by atoms with E-state index in [1.807, 2.05) is 0 Å². The topological polar surface area (TPSA) is 126 Å². The van der Waals surface area contributed by atoms with Crippen molar-refractivity contribution in [2.75, 3.05) is 0 Å². The summed E-state index contributed by atoms with van der Waals surface area (Å²) in [5.41, 5.74) is 6.31. The molecule has 8 nitrogen and oxygen atoms in total. The van der Waals surface area contributed by atoms with E-state index >= 15 is 0 Å². The zero-order valence-corrected chi connectivity index (χ0v) is 11.6. The molecule has 3 rings (SSSR count). The lowest BCUT2D eigenvalue weighted by Gasteiger charge is -2.05. The number of nitrogens with one attached hydrogen (secondary N) is 2. The molecule has 0 amide bonds. The lowest BCUT2D eigenvalue weighted by molar-refractivity contribution is 0.641. The molecule has 1 aliphatic carbocycles. The number of aromatic amines is 1. The molecule has 0 aromatic carbocycles. The largest absolute Gasteiger partial charge is 0.382 e. The summed E-state index contributed by atoms with van der Waals surface area (Å²) in [7, 11) is 0. The minimum absolute atomic E-state index is 0.112. The molecule has 0 spiro atoms. The van der Waals surface area contributed by atoms with Crippen molar-refractivity contribution in [1.82, 2.24) is 24.7 Å². The van der Waals surface area contributed by atoms with Crippen LogP contribution in [-0.2, 0) is 0 Å². The number of aromatic nitrogens is 5. The van der Waals surface area contributed by atoms with Crippen molar-refractivity contribution in [2.45, 2.75) is 36.1 Å². The molecule has 2 aromatic heterocycles. The van der Waals surface area contributed by atoms with Crippen LogP contribution < -0.4 is 11.4 Å². The highest BCUT2D eigenvalue weighted by Crippen LogP contribution is 2.37. The van der Waals surface area contributed by atoms with E-state index in [-0.39, 0.29) is 17.6 Å². The SMILES string of the molecule is Cc1cc(C(=N)N)nc(Sc2n[nH]c(=O)n2C2CC2)n1. The molecule has 4 N–H and O–H groups in total. The first-order valence-electron chi connectivity index (χ1n) is 6.09. The Balaban J connectivity index is 1.95. The molecule has 0 unspecified atom stereocenters. The Morgan fingerprint density at radius 2 is 2.30 bits per heavy atom. The van der Waals surface area contributed by atoms with Crippen LogP contribution in [0.25, 0.3) is 0 Å². The number of amidine groups is 1. The van der Waals surface area contributed by atoms with Gasteiger partial charge in [-0.1, -0.05) is 0 Å². The smallest absolute Gasteiger partial charge is 0.344 e. The third kappa shape index (κ3) is 2.44. The number of nitrogen functional groups attached to an aromatic ring is 1. The van der Waals surface area contributed by atoms with Crippen LogP contribution in [0.5, 0.6) is 0 Å². The monoisotopic (exact) mass is 291 g/mol. The van der Waals surface area contributed by atoms with Crippen LogP contribution in [0.15, 0.2) is 21.2 Å². The molecule has 20 heavy (non-hydrogen) atoms. The van der Waals surface area contributed by atoms with Gasteiger partial charge in [0.05, 0.1) is 0 Å². The van der Waals surface area contributed by atoms with Gasteiger partial charge in [0.2, 0.25) is 0 Å². The van der Waals surface area contributed by atoms with Crippen molar-refractivity contribution in [1.29, 1.82) is 5.41 Å². The molecule has 1 fully saturated rings. The van der Waals surface area contributed by atoms with Gasteiger partial charge in [0, 0.05) is 11.7 Å². The molecule has 0 aliphatic heterocycles. The van der Waals surface area contributed by atoms with E-state index in [2.05, 4.69) is 20.2 Å². The Morgan fingerprint density at radius 3 is 2.95 bits per heavy atom. The second kappa shape index (κ2) is 4.75. The zero-order valence-electron chi connectivity index (χ0n) is 10.8. The lowest BCUT2D eigenvalue weighted by atomic mass is 10.3. The standard InChI is InChI=1S/C11H13N7OS/c1-5-4-7(8(12)13)15-9(14-5)20-11-17-16-10(19)18(11)6-2-3-6/h4,6H,2-3H2,1H3,(H3,12,13)(H,16,19). The molecule has 1 aliphatic rings. The fourth-order valence-electron chi connectivity index (χ4n) is 1.82. The van der Waals surface area contributed by atoms with Gasteiger partial charge >= 0.3 is 5.69 Å². The molecule has 2 aromatic rings. The minimum atomic E-state index is -0.213. The fourth-order valence-corrected chi connectivity index (χ4v) is 2.74. The molecule has 1 saturated carbocycles. The Kier molecular flexibility index (Phi) is 3.05. The van der Waals surface area contributed by atoms with E-state index in [0.29, 0.717) is 21.7 Å². The summed E-state index contributed by atoms with van der Waals surface area (Å²) in [5, 5.41) is 14.8.